The fraction of sp³-hybridized carbons (Fsp3) is 0.900. The molecule has 80 valence electrons. The molecule has 0 bridgehead atoms. The Morgan fingerprint density at radius 1 is 1.36 bits per heavy atom. The van der Waals surface area contributed by atoms with Gasteiger partial charge in [0.25, 0.3) is 0 Å². The molecule has 2 aliphatic heterocycles. The largest absolute Gasteiger partial charge is 0.378 e. The summed E-state index contributed by atoms with van der Waals surface area (Å²) in [5.41, 5.74) is -0.0322. The van der Waals surface area contributed by atoms with Crippen LogP contribution in [0.5, 0.6) is 0 Å². The van der Waals surface area contributed by atoms with Crippen LogP contribution in [0.3, 0.4) is 0 Å². The average Bonchev–Trinajstić information content (AvgIpc) is 1.99. The normalized spacial score (nSPS) is 28.6. The molecule has 0 aromatic heterocycles. The molecular formula is C10H18N2O2. The lowest BCUT2D eigenvalue weighted by molar-refractivity contribution is -0.133. The van der Waals surface area contributed by atoms with Gasteiger partial charge < -0.3 is 9.64 Å². The lowest BCUT2D eigenvalue weighted by atomic mass is 9.98. The van der Waals surface area contributed by atoms with Crippen LogP contribution in [-0.4, -0.2) is 60.6 Å². The van der Waals surface area contributed by atoms with Gasteiger partial charge in [-0.15, -0.1) is 0 Å². The van der Waals surface area contributed by atoms with Crippen molar-refractivity contribution in [1.29, 1.82) is 0 Å². The fourth-order valence-corrected chi connectivity index (χ4v) is 2.15. The first-order chi connectivity index (χ1) is 6.63. The summed E-state index contributed by atoms with van der Waals surface area (Å²) in [7, 11) is 0. The molecular weight excluding hydrogens is 180 g/mol. The van der Waals surface area contributed by atoms with Crippen LogP contribution in [-0.2, 0) is 9.53 Å². The Hall–Kier alpha value is -0.610. The Morgan fingerprint density at radius 3 is 2.50 bits per heavy atom. The SMILES string of the molecule is CC1(C)CN(C2COC2)CCN1C=O. The van der Waals surface area contributed by atoms with E-state index < -0.39 is 0 Å². The Kier molecular flexibility index (Phi) is 2.49. The maximum absolute atomic E-state index is 10.8. The van der Waals surface area contributed by atoms with Gasteiger partial charge in [-0.1, -0.05) is 0 Å². The molecule has 2 rings (SSSR count). The molecule has 0 aliphatic carbocycles. The van der Waals surface area contributed by atoms with Gasteiger partial charge in [0.15, 0.2) is 0 Å². The van der Waals surface area contributed by atoms with Gasteiger partial charge in [-0.05, 0) is 13.8 Å². The Morgan fingerprint density at radius 2 is 2.07 bits per heavy atom. The number of carbonyl (C=O) groups is 1. The Bertz CT molecular complexity index is 226. The number of amides is 1. The number of carbonyl (C=O) groups excluding carboxylic acids is 1. The van der Waals surface area contributed by atoms with Crippen LogP contribution >= 0.6 is 0 Å². The van der Waals surface area contributed by atoms with Crippen LogP contribution in [0.1, 0.15) is 13.8 Å². The van der Waals surface area contributed by atoms with E-state index in [-0.39, 0.29) is 5.54 Å². The summed E-state index contributed by atoms with van der Waals surface area (Å²) in [4.78, 5) is 15.1. The number of nitrogens with zero attached hydrogens (tertiary/aromatic N) is 2. The quantitative estimate of drug-likeness (QED) is 0.583. The molecule has 0 aromatic carbocycles. The van der Waals surface area contributed by atoms with Crippen molar-refractivity contribution in [1.82, 2.24) is 9.80 Å². The Labute approximate surface area is 84.8 Å². The lowest BCUT2D eigenvalue weighted by Gasteiger charge is -2.49. The summed E-state index contributed by atoms with van der Waals surface area (Å²) in [6.45, 7) is 8.73. The third-order valence-corrected chi connectivity index (χ3v) is 3.26. The summed E-state index contributed by atoms with van der Waals surface area (Å²) in [6.07, 6.45) is 0.967. The van der Waals surface area contributed by atoms with Gasteiger partial charge >= 0.3 is 0 Å². The van der Waals surface area contributed by atoms with Crippen molar-refractivity contribution >= 4 is 6.41 Å². The van der Waals surface area contributed by atoms with Gasteiger partial charge in [0.05, 0.1) is 19.3 Å². The number of piperazine rings is 1. The van der Waals surface area contributed by atoms with Crippen molar-refractivity contribution in [2.45, 2.75) is 25.4 Å². The van der Waals surface area contributed by atoms with Gasteiger partial charge in [0.2, 0.25) is 6.41 Å². The first kappa shape index (κ1) is 9.93. The van der Waals surface area contributed by atoms with Gasteiger partial charge in [-0.25, -0.2) is 0 Å². The molecule has 0 unspecified atom stereocenters. The van der Waals surface area contributed by atoms with E-state index in [1.807, 2.05) is 4.90 Å². The molecule has 2 fully saturated rings. The summed E-state index contributed by atoms with van der Waals surface area (Å²) >= 11 is 0. The molecule has 2 saturated heterocycles. The molecule has 2 aliphatic rings. The monoisotopic (exact) mass is 198 g/mol. The highest BCUT2D eigenvalue weighted by atomic mass is 16.5. The maximum Gasteiger partial charge on any atom is 0.210 e. The highest BCUT2D eigenvalue weighted by Crippen LogP contribution is 2.22. The molecule has 1 amide bonds. The predicted octanol–water partition coefficient (Wildman–Crippen LogP) is -0.0622. The van der Waals surface area contributed by atoms with E-state index in [2.05, 4.69) is 18.7 Å². The number of hydrogen-bond donors (Lipinski definition) is 0. The number of rotatable bonds is 2. The molecule has 0 atom stereocenters. The highest BCUT2D eigenvalue weighted by Gasteiger charge is 2.37. The minimum atomic E-state index is -0.0322. The van der Waals surface area contributed by atoms with Crippen molar-refractivity contribution in [3.63, 3.8) is 0 Å². The van der Waals surface area contributed by atoms with Crippen molar-refractivity contribution in [2.24, 2.45) is 0 Å². The van der Waals surface area contributed by atoms with Gasteiger partial charge in [-0.2, -0.15) is 0 Å². The number of hydrogen-bond acceptors (Lipinski definition) is 3. The minimum absolute atomic E-state index is 0.0322. The van der Waals surface area contributed by atoms with Crippen LogP contribution in [0.15, 0.2) is 0 Å². The predicted molar refractivity (Wildman–Crippen MR) is 53.0 cm³/mol. The van der Waals surface area contributed by atoms with Crippen LogP contribution in [0.2, 0.25) is 0 Å². The summed E-state index contributed by atoms with van der Waals surface area (Å²) in [5.74, 6) is 0. The van der Waals surface area contributed by atoms with E-state index in [0.717, 1.165) is 39.3 Å². The second-order valence-corrected chi connectivity index (χ2v) is 4.77. The molecule has 4 nitrogen and oxygen atoms in total. The standard InChI is InChI=1S/C10H18N2O2/c1-10(2)7-11(9-5-14-6-9)3-4-12(10)8-13/h8-9H,3-7H2,1-2H3. The topological polar surface area (TPSA) is 32.8 Å². The molecule has 4 heteroatoms. The van der Waals surface area contributed by atoms with E-state index in [1.54, 1.807) is 0 Å². The van der Waals surface area contributed by atoms with Crippen LogP contribution in [0.25, 0.3) is 0 Å². The summed E-state index contributed by atoms with van der Waals surface area (Å²) < 4.78 is 5.18. The van der Waals surface area contributed by atoms with E-state index >= 15 is 0 Å². The molecule has 0 spiro atoms. The smallest absolute Gasteiger partial charge is 0.210 e. The van der Waals surface area contributed by atoms with Gasteiger partial charge in [0, 0.05) is 25.2 Å². The zero-order valence-corrected chi connectivity index (χ0v) is 8.90. The van der Waals surface area contributed by atoms with E-state index in [4.69, 9.17) is 4.74 Å². The van der Waals surface area contributed by atoms with Crippen molar-refractivity contribution in [2.75, 3.05) is 32.8 Å². The molecule has 0 saturated carbocycles. The molecule has 0 N–H and O–H groups in total. The Balaban J connectivity index is 1.97. The van der Waals surface area contributed by atoms with E-state index in [1.165, 1.54) is 0 Å². The molecule has 2 heterocycles. The fourth-order valence-electron chi connectivity index (χ4n) is 2.15. The summed E-state index contributed by atoms with van der Waals surface area (Å²) in [6, 6.07) is 0.586. The highest BCUT2D eigenvalue weighted by molar-refractivity contribution is 5.49. The molecule has 0 aromatic rings. The second-order valence-electron chi connectivity index (χ2n) is 4.77. The van der Waals surface area contributed by atoms with Crippen LogP contribution < -0.4 is 0 Å². The maximum atomic E-state index is 10.8. The molecule has 14 heavy (non-hydrogen) atoms. The average molecular weight is 198 g/mol. The third kappa shape index (κ3) is 1.64. The second kappa shape index (κ2) is 3.51. The van der Waals surface area contributed by atoms with E-state index in [0.29, 0.717) is 6.04 Å². The van der Waals surface area contributed by atoms with Crippen LogP contribution in [0.4, 0.5) is 0 Å². The number of ether oxygens (including phenoxy) is 1. The van der Waals surface area contributed by atoms with Gasteiger partial charge in [0.1, 0.15) is 0 Å². The van der Waals surface area contributed by atoms with Crippen LogP contribution in [0, 0.1) is 0 Å². The van der Waals surface area contributed by atoms with Crippen molar-refractivity contribution in [3.8, 4) is 0 Å². The summed E-state index contributed by atoms with van der Waals surface area (Å²) in [5, 5.41) is 0. The molecule has 0 radical (unpaired) electrons. The third-order valence-electron chi connectivity index (χ3n) is 3.26. The first-order valence-electron chi connectivity index (χ1n) is 5.17. The lowest BCUT2D eigenvalue weighted by Crippen LogP contribution is -2.63. The van der Waals surface area contributed by atoms with E-state index in [9.17, 15) is 4.79 Å². The zero-order chi connectivity index (χ0) is 10.2. The first-order valence-corrected chi connectivity index (χ1v) is 5.17. The van der Waals surface area contributed by atoms with Gasteiger partial charge in [-0.3, -0.25) is 9.69 Å². The zero-order valence-electron chi connectivity index (χ0n) is 8.90. The van der Waals surface area contributed by atoms with Crippen molar-refractivity contribution in [3.05, 3.63) is 0 Å². The van der Waals surface area contributed by atoms with Crippen molar-refractivity contribution < 1.29 is 9.53 Å². The minimum Gasteiger partial charge on any atom is -0.378 e.